The molecule has 1 aliphatic heterocycles. The van der Waals surface area contributed by atoms with Crippen LogP contribution >= 0.6 is 11.8 Å². The van der Waals surface area contributed by atoms with Crippen molar-refractivity contribution in [3.8, 4) is 0 Å². The number of alkyl halides is 2. The van der Waals surface area contributed by atoms with Crippen molar-refractivity contribution < 1.29 is 23.5 Å². The molecule has 0 aromatic heterocycles. The zero-order valence-electron chi connectivity index (χ0n) is 10.5. The number of carbonyl (C=O) groups excluding carboxylic acids is 1. The number of urea groups is 1. The lowest BCUT2D eigenvalue weighted by molar-refractivity contribution is -0.141. The van der Waals surface area contributed by atoms with E-state index in [1.807, 2.05) is 0 Å². The van der Waals surface area contributed by atoms with E-state index in [0.717, 1.165) is 17.7 Å². The highest BCUT2D eigenvalue weighted by Crippen LogP contribution is 2.45. The monoisotopic (exact) mass is 294 g/mol. The summed E-state index contributed by atoms with van der Waals surface area (Å²) in [5.41, 5.74) is 0. The normalized spacial score (nSPS) is 26.8. The summed E-state index contributed by atoms with van der Waals surface area (Å²) in [6, 6.07) is -1.53. The fourth-order valence-corrected chi connectivity index (χ4v) is 3.81. The van der Waals surface area contributed by atoms with Gasteiger partial charge in [0.2, 0.25) is 0 Å². The molecule has 1 heterocycles. The van der Waals surface area contributed by atoms with Gasteiger partial charge in [0, 0.05) is 12.8 Å². The van der Waals surface area contributed by atoms with Gasteiger partial charge >= 0.3 is 12.0 Å². The lowest BCUT2D eigenvalue weighted by Gasteiger charge is -2.31. The number of hydrogen-bond donors (Lipinski definition) is 1. The molecule has 1 saturated heterocycles. The Morgan fingerprint density at radius 1 is 1.47 bits per heavy atom. The number of rotatable bonds is 4. The minimum atomic E-state index is -2.62. The molecule has 0 spiro atoms. The molecule has 0 aromatic rings. The van der Waals surface area contributed by atoms with Crippen molar-refractivity contribution in [2.24, 2.45) is 5.92 Å². The number of nitrogens with zero attached hydrogens (tertiary/aromatic N) is 2. The summed E-state index contributed by atoms with van der Waals surface area (Å²) in [5, 5.41) is 8.96. The van der Waals surface area contributed by atoms with Crippen LogP contribution in [0.25, 0.3) is 0 Å². The molecule has 1 N–H and O–H groups in total. The quantitative estimate of drug-likeness (QED) is 0.854. The van der Waals surface area contributed by atoms with Crippen LogP contribution in [0.15, 0.2) is 0 Å². The number of halogens is 2. The zero-order valence-corrected chi connectivity index (χ0v) is 11.3. The Bertz CT molecular complexity index is 379. The Balaban J connectivity index is 2.11. The Morgan fingerprint density at radius 2 is 2.11 bits per heavy atom. The van der Waals surface area contributed by atoms with Crippen molar-refractivity contribution >= 4 is 23.8 Å². The second kappa shape index (κ2) is 5.52. The van der Waals surface area contributed by atoms with Gasteiger partial charge in [0.25, 0.3) is 6.43 Å². The Morgan fingerprint density at radius 3 is 2.58 bits per heavy atom. The molecule has 0 aromatic carbocycles. The fourth-order valence-electron chi connectivity index (χ4n) is 2.19. The van der Waals surface area contributed by atoms with E-state index in [1.165, 1.54) is 23.7 Å². The number of aliphatic carboxylic acids is 1. The van der Waals surface area contributed by atoms with E-state index < -0.39 is 31.0 Å². The number of carboxylic acids is 1. The molecule has 2 unspecified atom stereocenters. The molecule has 0 bridgehead atoms. The van der Waals surface area contributed by atoms with Gasteiger partial charge in [-0.1, -0.05) is 0 Å². The predicted molar refractivity (Wildman–Crippen MR) is 66.3 cm³/mol. The van der Waals surface area contributed by atoms with Gasteiger partial charge in [-0.25, -0.2) is 18.4 Å². The highest BCUT2D eigenvalue weighted by atomic mass is 32.2. The van der Waals surface area contributed by atoms with Crippen molar-refractivity contribution in [3.05, 3.63) is 0 Å². The van der Waals surface area contributed by atoms with E-state index in [1.54, 1.807) is 0 Å². The SMILES string of the molecule is CN(CC(F)F)C(=O)N1C(C(=O)O)CSC1C1CC1. The molecule has 2 atom stereocenters. The van der Waals surface area contributed by atoms with Crippen molar-refractivity contribution in [1.82, 2.24) is 9.80 Å². The molecule has 2 aliphatic rings. The van der Waals surface area contributed by atoms with Gasteiger partial charge < -0.3 is 10.0 Å². The molecule has 1 aliphatic carbocycles. The van der Waals surface area contributed by atoms with E-state index in [4.69, 9.17) is 5.11 Å². The van der Waals surface area contributed by atoms with E-state index in [9.17, 15) is 18.4 Å². The number of carboxylic acid groups (broad SMARTS) is 1. The van der Waals surface area contributed by atoms with Crippen LogP contribution in [0.4, 0.5) is 13.6 Å². The van der Waals surface area contributed by atoms with E-state index in [2.05, 4.69) is 0 Å². The van der Waals surface area contributed by atoms with E-state index >= 15 is 0 Å². The number of carbonyl (C=O) groups is 2. The van der Waals surface area contributed by atoms with Crippen LogP contribution in [0.5, 0.6) is 0 Å². The summed E-state index contributed by atoms with van der Waals surface area (Å²) in [6.45, 7) is -0.677. The minimum Gasteiger partial charge on any atom is -0.480 e. The van der Waals surface area contributed by atoms with Crippen molar-refractivity contribution in [2.45, 2.75) is 30.7 Å². The van der Waals surface area contributed by atoms with Gasteiger partial charge in [-0.2, -0.15) is 0 Å². The van der Waals surface area contributed by atoms with Crippen LogP contribution in [0.2, 0.25) is 0 Å². The molecule has 1 saturated carbocycles. The molecule has 19 heavy (non-hydrogen) atoms. The molecule has 2 rings (SSSR count). The molecule has 0 radical (unpaired) electrons. The average Bonchev–Trinajstić information content (AvgIpc) is 3.05. The summed E-state index contributed by atoms with van der Waals surface area (Å²) in [5.74, 6) is -0.446. The largest absolute Gasteiger partial charge is 0.480 e. The number of hydrogen-bond acceptors (Lipinski definition) is 3. The van der Waals surface area contributed by atoms with Crippen molar-refractivity contribution in [2.75, 3.05) is 19.3 Å². The minimum absolute atomic E-state index is 0.186. The average molecular weight is 294 g/mol. The molecule has 8 heteroatoms. The van der Waals surface area contributed by atoms with E-state index in [0.29, 0.717) is 11.7 Å². The van der Waals surface area contributed by atoms with Gasteiger partial charge in [-0.3, -0.25) is 4.90 Å². The summed E-state index contributed by atoms with van der Waals surface area (Å²) >= 11 is 1.43. The first-order chi connectivity index (χ1) is 8.91. The zero-order chi connectivity index (χ0) is 14.2. The molecular formula is C11H16F2N2O3S. The smallest absolute Gasteiger partial charge is 0.327 e. The summed E-state index contributed by atoms with van der Waals surface area (Å²) in [4.78, 5) is 25.5. The van der Waals surface area contributed by atoms with Crippen LogP contribution in [0, 0.1) is 5.92 Å². The van der Waals surface area contributed by atoms with Gasteiger partial charge in [-0.05, 0) is 18.8 Å². The maximum atomic E-state index is 12.3. The maximum Gasteiger partial charge on any atom is 0.327 e. The van der Waals surface area contributed by atoms with Gasteiger partial charge in [-0.15, -0.1) is 11.8 Å². The highest BCUT2D eigenvalue weighted by Gasteiger charge is 2.48. The summed E-state index contributed by atoms with van der Waals surface area (Å²) in [6.07, 6.45) is -0.689. The summed E-state index contributed by atoms with van der Waals surface area (Å²) < 4.78 is 24.6. The van der Waals surface area contributed by atoms with Gasteiger partial charge in [0.05, 0.1) is 11.9 Å². The maximum absolute atomic E-state index is 12.3. The third-order valence-corrected chi connectivity index (χ3v) is 4.77. The lowest BCUT2D eigenvalue weighted by atomic mass is 10.2. The van der Waals surface area contributed by atoms with Gasteiger partial charge in [0.1, 0.15) is 6.04 Å². The van der Waals surface area contributed by atoms with Crippen molar-refractivity contribution in [3.63, 3.8) is 0 Å². The first kappa shape index (κ1) is 14.4. The Labute approximate surface area is 113 Å². The van der Waals surface area contributed by atoms with Gasteiger partial charge in [0.15, 0.2) is 0 Å². The topological polar surface area (TPSA) is 60.9 Å². The number of amides is 2. The van der Waals surface area contributed by atoms with Crippen LogP contribution in [0.1, 0.15) is 12.8 Å². The lowest BCUT2D eigenvalue weighted by Crippen LogP contribution is -2.51. The first-order valence-corrected chi connectivity index (χ1v) is 7.12. The third kappa shape index (κ3) is 3.10. The summed E-state index contributed by atoms with van der Waals surface area (Å²) in [7, 11) is 1.28. The van der Waals surface area contributed by atoms with Crippen molar-refractivity contribution in [1.29, 1.82) is 0 Å². The van der Waals surface area contributed by atoms with E-state index in [-0.39, 0.29) is 5.37 Å². The second-order valence-electron chi connectivity index (χ2n) is 4.88. The predicted octanol–water partition coefficient (Wildman–Crippen LogP) is 1.54. The Hall–Kier alpha value is -1.05. The highest BCUT2D eigenvalue weighted by molar-refractivity contribution is 8.00. The van der Waals surface area contributed by atoms with Crippen LogP contribution in [0.3, 0.4) is 0 Å². The molecular weight excluding hydrogens is 278 g/mol. The van der Waals surface area contributed by atoms with Crippen LogP contribution in [-0.4, -0.2) is 64.1 Å². The molecule has 5 nitrogen and oxygen atoms in total. The fraction of sp³-hybridized carbons (Fsp3) is 0.818. The standard InChI is InChI=1S/C11H16F2N2O3S/c1-14(4-8(12)13)11(18)15-7(10(16)17)5-19-9(15)6-2-3-6/h6-9H,2-5H2,1H3,(H,16,17). The van der Waals surface area contributed by atoms with Crippen LogP contribution in [-0.2, 0) is 4.79 Å². The number of thioether (sulfide) groups is 1. The van der Waals surface area contributed by atoms with Crippen LogP contribution < -0.4 is 0 Å². The molecule has 2 fully saturated rings. The first-order valence-electron chi connectivity index (χ1n) is 6.07. The molecule has 2 amide bonds. The third-order valence-electron chi connectivity index (χ3n) is 3.30. The molecule has 108 valence electrons. The Kier molecular flexibility index (Phi) is 4.17. The second-order valence-corrected chi connectivity index (χ2v) is 6.03.